The van der Waals surface area contributed by atoms with E-state index in [9.17, 15) is 4.79 Å². The predicted octanol–water partition coefficient (Wildman–Crippen LogP) is 3.68. The summed E-state index contributed by atoms with van der Waals surface area (Å²) in [5.74, 6) is 0.953. The van der Waals surface area contributed by atoms with Crippen LogP contribution in [0.5, 0.6) is 11.5 Å². The molecule has 28 heavy (non-hydrogen) atoms. The molecule has 7 nitrogen and oxygen atoms in total. The highest BCUT2D eigenvalue weighted by Crippen LogP contribution is 2.38. The van der Waals surface area contributed by atoms with Gasteiger partial charge in [-0.1, -0.05) is 11.6 Å². The fraction of sp³-hybridized carbons (Fsp3) is 0.350. The van der Waals surface area contributed by atoms with Crippen molar-refractivity contribution < 1.29 is 14.3 Å². The second kappa shape index (κ2) is 7.31. The number of aryl methyl sites for hydroxylation is 1. The van der Waals surface area contributed by atoms with Gasteiger partial charge in [0.1, 0.15) is 13.2 Å². The van der Waals surface area contributed by atoms with Crippen LogP contribution in [-0.4, -0.2) is 33.9 Å². The molecule has 0 radical (unpaired) electrons. The maximum Gasteiger partial charge on any atom is 0.253 e. The molecule has 0 fully saturated rings. The summed E-state index contributed by atoms with van der Waals surface area (Å²) in [5, 5.41) is 8.60. The van der Waals surface area contributed by atoms with E-state index in [0.717, 1.165) is 16.6 Å². The van der Waals surface area contributed by atoms with E-state index < -0.39 is 0 Å². The zero-order valence-corrected chi connectivity index (χ0v) is 16.7. The van der Waals surface area contributed by atoms with Crippen molar-refractivity contribution in [2.75, 3.05) is 13.2 Å². The van der Waals surface area contributed by atoms with Crippen LogP contribution in [0.25, 0.3) is 11.0 Å². The molecule has 3 heterocycles. The summed E-state index contributed by atoms with van der Waals surface area (Å²) in [6.45, 7) is 7.19. The minimum absolute atomic E-state index is 0.198. The smallest absolute Gasteiger partial charge is 0.253 e. The largest absolute Gasteiger partial charge is 0.486 e. The molecule has 1 N–H and O–H groups in total. The Kier molecular flexibility index (Phi) is 4.85. The fourth-order valence-electron chi connectivity index (χ4n) is 3.22. The van der Waals surface area contributed by atoms with Gasteiger partial charge in [-0.05, 0) is 44.5 Å². The second-order valence-corrected chi connectivity index (χ2v) is 7.41. The normalized spacial score (nSPS) is 13.2. The minimum Gasteiger partial charge on any atom is -0.486 e. The van der Waals surface area contributed by atoms with Gasteiger partial charge in [0.05, 0.1) is 22.5 Å². The first-order valence-electron chi connectivity index (χ1n) is 9.15. The maximum atomic E-state index is 12.7. The van der Waals surface area contributed by atoms with Crippen molar-refractivity contribution in [3.05, 3.63) is 46.2 Å². The molecule has 1 aliphatic rings. The lowest BCUT2D eigenvalue weighted by molar-refractivity contribution is 0.0950. The van der Waals surface area contributed by atoms with Gasteiger partial charge in [-0.2, -0.15) is 5.10 Å². The molecule has 0 atom stereocenters. The van der Waals surface area contributed by atoms with Crippen molar-refractivity contribution in [2.24, 2.45) is 0 Å². The van der Waals surface area contributed by atoms with Gasteiger partial charge < -0.3 is 14.8 Å². The van der Waals surface area contributed by atoms with Gasteiger partial charge in [0.15, 0.2) is 17.1 Å². The van der Waals surface area contributed by atoms with Crippen molar-refractivity contribution in [3.8, 4) is 11.5 Å². The third-order valence-corrected chi connectivity index (χ3v) is 4.88. The van der Waals surface area contributed by atoms with E-state index in [4.69, 9.17) is 21.1 Å². The molecule has 3 aromatic rings. The summed E-state index contributed by atoms with van der Waals surface area (Å²) in [4.78, 5) is 17.3. The second-order valence-electron chi connectivity index (χ2n) is 7.00. The average molecular weight is 401 g/mol. The Morgan fingerprint density at radius 1 is 1.29 bits per heavy atom. The van der Waals surface area contributed by atoms with Crippen LogP contribution in [-0.2, 0) is 6.54 Å². The van der Waals surface area contributed by atoms with Crippen molar-refractivity contribution in [3.63, 3.8) is 0 Å². The summed E-state index contributed by atoms with van der Waals surface area (Å²) in [6.07, 6.45) is 1.74. The number of carbonyl (C=O) groups is 1. The number of rotatable bonds is 4. The number of fused-ring (bicyclic) bond motifs is 2. The topological polar surface area (TPSA) is 78.3 Å². The molecule has 1 aliphatic heterocycles. The molecule has 1 amide bonds. The number of nitrogens with zero attached hydrogens (tertiary/aromatic N) is 3. The molecule has 0 saturated heterocycles. The summed E-state index contributed by atoms with van der Waals surface area (Å²) >= 11 is 6.26. The third-order valence-electron chi connectivity index (χ3n) is 4.60. The third kappa shape index (κ3) is 3.38. The number of halogens is 1. The first kappa shape index (κ1) is 18.6. The summed E-state index contributed by atoms with van der Waals surface area (Å²) < 4.78 is 13.0. The van der Waals surface area contributed by atoms with Crippen LogP contribution in [0, 0.1) is 6.92 Å². The number of ether oxygens (including phenoxy) is 2. The zero-order valence-electron chi connectivity index (χ0n) is 16.0. The lowest BCUT2D eigenvalue weighted by Crippen LogP contribution is -2.24. The molecule has 4 rings (SSSR count). The van der Waals surface area contributed by atoms with Crippen molar-refractivity contribution in [1.29, 1.82) is 0 Å². The Bertz CT molecular complexity index is 1060. The molecule has 0 bridgehead atoms. The van der Waals surface area contributed by atoms with Crippen LogP contribution in [0.4, 0.5) is 0 Å². The zero-order chi connectivity index (χ0) is 19.8. The quantitative estimate of drug-likeness (QED) is 0.722. The highest BCUT2D eigenvalue weighted by atomic mass is 35.5. The highest BCUT2D eigenvalue weighted by Gasteiger charge is 2.18. The van der Waals surface area contributed by atoms with Crippen molar-refractivity contribution in [1.82, 2.24) is 20.1 Å². The molecule has 8 heteroatoms. The van der Waals surface area contributed by atoms with E-state index in [1.54, 1.807) is 12.3 Å². The van der Waals surface area contributed by atoms with Gasteiger partial charge in [-0.25, -0.2) is 9.67 Å². The van der Waals surface area contributed by atoms with E-state index in [1.165, 1.54) is 0 Å². The van der Waals surface area contributed by atoms with Crippen LogP contribution in [0.2, 0.25) is 5.02 Å². The monoisotopic (exact) mass is 400 g/mol. The number of pyridine rings is 1. The molecule has 0 spiro atoms. The van der Waals surface area contributed by atoms with Crippen molar-refractivity contribution in [2.45, 2.75) is 33.4 Å². The maximum absolute atomic E-state index is 12.7. The number of hydrogen-bond donors (Lipinski definition) is 1. The van der Waals surface area contributed by atoms with Gasteiger partial charge in [0.25, 0.3) is 5.91 Å². The van der Waals surface area contributed by atoms with E-state index in [2.05, 4.69) is 15.4 Å². The van der Waals surface area contributed by atoms with Crippen LogP contribution >= 0.6 is 11.6 Å². The van der Waals surface area contributed by atoms with Gasteiger partial charge in [0.2, 0.25) is 0 Å². The summed E-state index contributed by atoms with van der Waals surface area (Å²) in [7, 11) is 0. The standard InChI is InChI=1S/C20H21ClN4O3/c1-11(2)25-19-14(10-23-25)8-15(12(3)24-19)20(26)22-9-13-6-16(21)18-17(7-13)27-4-5-28-18/h6-8,10-11H,4-5,9H2,1-3H3,(H,22,26). The number of nitrogens with one attached hydrogen (secondary N) is 1. The Morgan fingerprint density at radius 2 is 2.07 bits per heavy atom. The van der Waals surface area contributed by atoms with Gasteiger partial charge >= 0.3 is 0 Å². The number of hydrogen-bond acceptors (Lipinski definition) is 5. The van der Waals surface area contributed by atoms with Gasteiger partial charge in [-0.15, -0.1) is 0 Å². The SMILES string of the molecule is Cc1nc2c(cnn2C(C)C)cc1C(=O)NCc1cc(Cl)c2c(c1)OCCO2. The molecular formula is C20H21ClN4O3. The number of benzene rings is 1. The lowest BCUT2D eigenvalue weighted by atomic mass is 10.1. The predicted molar refractivity (Wildman–Crippen MR) is 106 cm³/mol. The average Bonchev–Trinajstić information content (AvgIpc) is 3.08. The first-order valence-corrected chi connectivity index (χ1v) is 9.53. The number of carbonyl (C=O) groups excluding carboxylic acids is 1. The molecule has 2 aromatic heterocycles. The molecule has 0 unspecified atom stereocenters. The minimum atomic E-state index is -0.199. The van der Waals surface area contributed by atoms with Crippen molar-refractivity contribution >= 4 is 28.5 Å². The van der Waals surface area contributed by atoms with Gasteiger partial charge in [0, 0.05) is 18.0 Å². The Labute approximate surface area is 167 Å². The molecule has 0 saturated carbocycles. The summed E-state index contributed by atoms with van der Waals surface area (Å²) in [5.41, 5.74) is 2.80. The number of amides is 1. The molecule has 0 aliphatic carbocycles. The molecule has 146 valence electrons. The van der Waals surface area contributed by atoms with Crippen LogP contribution in [0.3, 0.4) is 0 Å². The van der Waals surface area contributed by atoms with E-state index in [1.807, 2.05) is 37.6 Å². The Balaban J connectivity index is 1.54. The summed E-state index contributed by atoms with van der Waals surface area (Å²) in [6, 6.07) is 5.64. The van der Waals surface area contributed by atoms with Gasteiger partial charge in [-0.3, -0.25) is 4.79 Å². The lowest BCUT2D eigenvalue weighted by Gasteiger charge is -2.20. The Hall–Kier alpha value is -2.80. The van der Waals surface area contributed by atoms with Crippen LogP contribution < -0.4 is 14.8 Å². The number of aromatic nitrogens is 3. The van der Waals surface area contributed by atoms with E-state index >= 15 is 0 Å². The highest BCUT2D eigenvalue weighted by molar-refractivity contribution is 6.32. The fourth-order valence-corrected chi connectivity index (χ4v) is 3.51. The Morgan fingerprint density at radius 3 is 2.86 bits per heavy atom. The molecular weight excluding hydrogens is 380 g/mol. The molecule has 1 aromatic carbocycles. The van der Waals surface area contributed by atoms with Crippen LogP contribution in [0.1, 0.15) is 41.5 Å². The van der Waals surface area contributed by atoms with E-state index in [0.29, 0.717) is 47.5 Å². The van der Waals surface area contributed by atoms with E-state index in [-0.39, 0.29) is 11.9 Å². The van der Waals surface area contributed by atoms with Crippen LogP contribution in [0.15, 0.2) is 24.4 Å². The first-order chi connectivity index (χ1) is 13.4.